The fourth-order valence-corrected chi connectivity index (χ4v) is 5.89. The molecule has 3 fully saturated rings. The molecule has 6 heteroatoms. The minimum atomic E-state index is -0.533. The maximum absolute atomic E-state index is 14.5. The van der Waals surface area contributed by atoms with Gasteiger partial charge >= 0.3 is 0 Å². The highest BCUT2D eigenvalue weighted by atomic mass is 19.1. The van der Waals surface area contributed by atoms with Crippen molar-refractivity contribution < 1.29 is 18.7 Å². The summed E-state index contributed by atoms with van der Waals surface area (Å²) in [6.45, 7) is 3.68. The van der Waals surface area contributed by atoms with Crippen LogP contribution in [0.2, 0.25) is 0 Å². The van der Waals surface area contributed by atoms with Gasteiger partial charge in [0.05, 0.1) is 17.6 Å². The Labute approximate surface area is 201 Å². The summed E-state index contributed by atoms with van der Waals surface area (Å²) in [5, 5.41) is 0. The van der Waals surface area contributed by atoms with E-state index in [9.17, 15) is 9.18 Å². The fraction of sp³-hybridized carbons (Fsp3) is 0.536. The number of hydrogen-bond donors (Lipinski definition) is 0. The monoisotopic (exact) mass is 466 g/mol. The highest BCUT2D eigenvalue weighted by molar-refractivity contribution is 5.83. The van der Waals surface area contributed by atoms with Crippen LogP contribution >= 0.6 is 0 Å². The molecule has 1 spiro atoms. The quantitative estimate of drug-likeness (QED) is 0.659. The number of amides is 1. The van der Waals surface area contributed by atoms with Gasteiger partial charge < -0.3 is 19.3 Å². The Hall–Kier alpha value is -2.44. The van der Waals surface area contributed by atoms with Gasteiger partial charge in [-0.1, -0.05) is 36.4 Å². The third-order valence-electron chi connectivity index (χ3n) is 8.07. The third kappa shape index (κ3) is 4.84. The van der Waals surface area contributed by atoms with Gasteiger partial charge in [-0.25, -0.2) is 4.39 Å². The second kappa shape index (κ2) is 9.67. The number of ether oxygens (including phenoxy) is 2. The van der Waals surface area contributed by atoms with Crippen LogP contribution in [0.3, 0.4) is 0 Å². The maximum Gasteiger partial charge on any atom is 0.229 e. The minimum absolute atomic E-state index is 0.0472. The molecule has 0 saturated carbocycles. The van der Waals surface area contributed by atoms with Crippen molar-refractivity contribution >= 4 is 5.91 Å². The van der Waals surface area contributed by atoms with Gasteiger partial charge in [-0.3, -0.25) is 4.79 Å². The van der Waals surface area contributed by atoms with E-state index >= 15 is 0 Å². The van der Waals surface area contributed by atoms with Crippen molar-refractivity contribution in [3.05, 3.63) is 66.0 Å². The Balaban J connectivity index is 1.24. The maximum atomic E-state index is 14.5. The zero-order valence-corrected chi connectivity index (χ0v) is 20.0. The van der Waals surface area contributed by atoms with Gasteiger partial charge in [0.1, 0.15) is 17.7 Å². The molecule has 3 aliphatic rings. The summed E-state index contributed by atoms with van der Waals surface area (Å²) in [5.41, 5.74) is -0.0925. The summed E-state index contributed by atoms with van der Waals surface area (Å²) < 4.78 is 26.9. The molecular formula is C28H35FN2O3. The van der Waals surface area contributed by atoms with Crippen LogP contribution in [-0.4, -0.2) is 67.2 Å². The van der Waals surface area contributed by atoms with Gasteiger partial charge in [0.2, 0.25) is 5.91 Å². The largest absolute Gasteiger partial charge is 0.488 e. The normalized spacial score (nSPS) is 24.3. The Morgan fingerprint density at radius 3 is 2.38 bits per heavy atom. The summed E-state index contributed by atoms with van der Waals surface area (Å²) in [4.78, 5) is 18.2. The number of likely N-dealkylation sites (tertiary alicyclic amines) is 2. The van der Waals surface area contributed by atoms with E-state index < -0.39 is 5.41 Å². The molecule has 5 rings (SSSR count). The van der Waals surface area contributed by atoms with E-state index in [-0.39, 0.29) is 23.4 Å². The molecule has 0 bridgehead atoms. The summed E-state index contributed by atoms with van der Waals surface area (Å²) in [6, 6.07) is 16.8. The molecule has 0 N–H and O–H groups in total. The zero-order valence-electron chi connectivity index (χ0n) is 20.0. The van der Waals surface area contributed by atoms with E-state index in [0.717, 1.165) is 50.9 Å². The van der Waals surface area contributed by atoms with Gasteiger partial charge in [0.25, 0.3) is 0 Å². The van der Waals surface area contributed by atoms with Gasteiger partial charge in [0, 0.05) is 19.5 Å². The second-order valence-corrected chi connectivity index (χ2v) is 10.4. The van der Waals surface area contributed by atoms with E-state index in [2.05, 4.69) is 11.9 Å². The Morgan fingerprint density at radius 1 is 1.00 bits per heavy atom. The lowest BCUT2D eigenvalue weighted by molar-refractivity contribution is -0.149. The topological polar surface area (TPSA) is 42.0 Å². The number of halogens is 1. The van der Waals surface area contributed by atoms with E-state index in [1.54, 1.807) is 6.07 Å². The van der Waals surface area contributed by atoms with E-state index in [1.807, 2.05) is 47.4 Å². The lowest BCUT2D eigenvalue weighted by Gasteiger charge is -2.45. The van der Waals surface area contributed by atoms with E-state index in [0.29, 0.717) is 31.7 Å². The molecular weight excluding hydrogens is 431 g/mol. The number of hydrogen-bond acceptors (Lipinski definition) is 4. The van der Waals surface area contributed by atoms with Crippen molar-refractivity contribution in [2.45, 2.75) is 50.2 Å². The van der Waals surface area contributed by atoms with Crippen LogP contribution in [0.5, 0.6) is 5.75 Å². The molecule has 2 aromatic rings. The second-order valence-electron chi connectivity index (χ2n) is 10.4. The van der Waals surface area contributed by atoms with Crippen LogP contribution in [-0.2, 0) is 16.0 Å². The SMILES string of the molecule is CN1CCC(Cc2ccccc2F)(C(=O)N2CCC3(CC2)C[C@@H](Oc2ccccc2)CO3)CC1. The third-order valence-corrected chi connectivity index (χ3v) is 8.07. The van der Waals surface area contributed by atoms with Gasteiger partial charge in [0.15, 0.2) is 0 Å². The molecule has 3 heterocycles. The van der Waals surface area contributed by atoms with Crippen molar-refractivity contribution in [2.24, 2.45) is 5.41 Å². The van der Waals surface area contributed by atoms with E-state index in [4.69, 9.17) is 9.47 Å². The number of carbonyl (C=O) groups is 1. The van der Waals surface area contributed by atoms with E-state index in [1.165, 1.54) is 6.07 Å². The predicted molar refractivity (Wildman–Crippen MR) is 129 cm³/mol. The molecule has 3 aliphatic heterocycles. The predicted octanol–water partition coefficient (Wildman–Crippen LogP) is 4.31. The average Bonchev–Trinajstić information content (AvgIpc) is 3.24. The summed E-state index contributed by atoms with van der Waals surface area (Å²) in [6.07, 6.45) is 4.55. The number of benzene rings is 2. The Bertz CT molecular complexity index is 982. The van der Waals surface area contributed by atoms with Crippen molar-refractivity contribution in [3.8, 4) is 5.75 Å². The summed E-state index contributed by atoms with van der Waals surface area (Å²) in [5.74, 6) is 0.849. The summed E-state index contributed by atoms with van der Waals surface area (Å²) >= 11 is 0. The highest BCUT2D eigenvalue weighted by Crippen LogP contribution is 2.41. The molecule has 5 nitrogen and oxygen atoms in total. The van der Waals surface area contributed by atoms with Crippen LogP contribution in [0.15, 0.2) is 54.6 Å². The smallest absolute Gasteiger partial charge is 0.229 e. The number of para-hydroxylation sites is 1. The molecule has 3 saturated heterocycles. The Kier molecular flexibility index (Phi) is 6.63. The van der Waals surface area contributed by atoms with Crippen LogP contribution in [0, 0.1) is 11.2 Å². The van der Waals surface area contributed by atoms with Crippen LogP contribution in [0.25, 0.3) is 0 Å². The molecule has 1 amide bonds. The number of nitrogens with zero attached hydrogens (tertiary/aromatic N) is 2. The molecule has 34 heavy (non-hydrogen) atoms. The van der Waals surface area contributed by atoms with Crippen LogP contribution in [0.1, 0.15) is 37.7 Å². The number of carbonyl (C=O) groups excluding carboxylic acids is 1. The molecule has 2 aromatic carbocycles. The van der Waals surface area contributed by atoms with Crippen LogP contribution < -0.4 is 4.74 Å². The first-order chi connectivity index (χ1) is 16.5. The highest BCUT2D eigenvalue weighted by Gasteiger charge is 2.48. The first kappa shape index (κ1) is 23.3. The van der Waals surface area contributed by atoms with Gasteiger partial charge in [-0.15, -0.1) is 0 Å². The van der Waals surface area contributed by atoms with Crippen molar-refractivity contribution in [3.63, 3.8) is 0 Å². The van der Waals surface area contributed by atoms with Crippen molar-refractivity contribution in [2.75, 3.05) is 39.8 Å². The standard InChI is InChI=1S/C28H35FN2O3/c1-30-15-11-27(12-16-30,19-22-7-5-6-10-25(22)29)26(32)31-17-13-28(14-18-31)20-24(21-33-28)34-23-8-3-2-4-9-23/h2-10,24H,11-21H2,1H3/t24-/m1/s1. The Morgan fingerprint density at radius 2 is 1.68 bits per heavy atom. The molecule has 182 valence electrons. The number of rotatable bonds is 5. The molecule has 0 unspecified atom stereocenters. The summed E-state index contributed by atoms with van der Waals surface area (Å²) in [7, 11) is 2.09. The van der Waals surface area contributed by atoms with Crippen LogP contribution in [0.4, 0.5) is 4.39 Å². The average molecular weight is 467 g/mol. The fourth-order valence-electron chi connectivity index (χ4n) is 5.89. The first-order valence-electron chi connectivity index (χ1n) is 12.5. The molecule has 0 radical (unpaired) electrons. The molecule has 0 aliphatic carbocycles. The lowest BCUT2D eigenvalue weighted by Crippen LogP contribution is -2.54. The molecule has 1 atom stereocenters. The van der Waals surface area contributed by atoms with Crippen molar-refractivity contribution in [1.29, 1.82) is 0 Å². The van der Waals surface area contributed by atoms with Gasteiger partial charge in [-0.05, 0) is 76.0 Å². The first-order valence-corrected chi connectivity index (χ1v) is 12.5. The van der Waals surface area contributed by atoms with Gasteiger partial charge in [-0.2, -0.15) is 0 Å². The lowest BCUT2D eigenvalue weighted by atomic mass is 9.72. The molecule has 0 aromatic heterocycles. The zero-order chi connectivity index (χ0) is 23.6. The minimum Gasteiger partial charge on any atom is -0.488 e. The van der Waals surface area contributed by atoms with Crippen molar-refractivity contribution in [1.82, 2.24) is 9.80 Å². The number of piperidine rings is 2.